The summed E-state index contributed by atoms with van der Waals surface area (Å²) in [6, 6.07) is 6.20. The Hall–Kier alpha value is -0.870. The third-order valence-electron chi connectivity index (χ3n) is 1.62. The maximum atomic E-state index is 3.09. The Labute approximate surface area is 69.7 Å². The van der Waals surface area contributed by atoms with Crippen molar-refractivity contribution in [2.75, 3.05) is 17.8 Å². The SMILES string of the molecule is CNc1ccc2c(c1)SNN2. The minimum atomic E-state index is 1.14. The van der Waals surface area contributed by atoms with E-state index in [-0.39, 0.29) is 0 Å². The first-order valence-corrected chi connectivity index (χ1v) is 4.21. The van der Waals surface area contributed by atoms with E-state index >= 15 is 0 Å². The molecule has 0 fully saturated rings. The van der Waals surface area contributed by atoms with Gasteiger partial charge in [0.2, 0.25) is 0 Å². The van der Waals surface area contributed by atoms with Crippen LogP contribution >= 0.6 is 11.9 Å². The Morgan fingerprint density at radius 1 is 1.45 bits per heavy atom. The molecule has 58 valence electrons. The normalized spacial score (nSPS) is 13.9. The molecule has 1 aromatic carbocycles. The third-order valence-corrected chi connectivity index (χ3v) is 2.38. The molecule has 1 aliphatic rings. The van der Waals surface area contributed by atoms with Crippen molar-refractivity contribution in [2.45, 2.75) is 4.90 Å². The van der Waals surface area contributed by atoms with Crippen molar-refractivity contribution in [2.24, 2.45) is 0 Å². The van der Waals surface area contributed by atoms with Gasteiger partial charge in [-0.05, 0) is 30.1 Å². The molecule has 0 unspecified atom stereocenters. The second-order valence-corrected chi connectivity index (χ2v) is 3.14. The van der Waals surface area contributed by atoms with Crippen molar-refractivity contribution < 1.29 is 0 Å². The molecule has 1 aromatic rings. The Bertz CT molecular complexity index is 274. The minimum absolute atomic E-state index is 1.14. The van der Waals surface area contributed by atoms with Crippen LogP contribution < -0.4 is 15.6 Å². The van der Waals surface area contributed by atoms with Gasteiger partial charge in [0.15, 0.2) is 0 Å². The van der Waals surface area contributed by atoms with Crippen LogP contribution in [0.1, 0.15) is 0 Å². The molecule has 0 saturated carbocycles. The lowest BCUT2D eigenvalue weighted by atomic mass is 10.3. The van der Waals surface area contributed by atoms with E-state index in [1.807, 2.05) is 19.2 Å². The predicted octanol–water partition coefficient (Wildman–Crippen LogP) is 1.67. The van der Waals surface area contributed by atoms with Crippen LogP contribution in [-0.2, 0) is 0 Å². The summed E-state index contributed by atoms with van der Waals surface area (Å²) >= 11 is 1.60. The van der Waals surface area contributed by atoms with Gasteiger partial charge in [-0.1, -0.05) is 0 Å². The van der Waals surface area contributed by atoms with Crippen molar-refractivity contribution in [3.8, 4) is 0 Å². The molecule has 0 spiro atoms. The first-order chi connectivity index (χ1) is 5.40. The highest BCUT2D eigenvalue weighted by atomic mass is 32.2. The lowest BCUT2D eigenvalue weighted by molar-refractivity contribution is 1.25. The summed E-state index contributed by atoms with van der Waals surface area (Å²) in [4.78, 5) is 4.21. The summed E-state index contributed by atoms with van der Waals surface area (Å²) in [7, 11) is 1.92. The van der Waals surface area contributed by atoms with E-state index in [4.69, 9.17) is 0 Å². The molecule has 3 N–H and O–H groups in total. The van der Waals surface area contributed by atoms with Gasteiger partial charge in [0.05, 0.1) is 10.6 Å². The van der Waals surface area contributed by atoms with Gasteiger partial charge in [0, 0.05) is 12.7 Å². The summed E-state index contributed by atoms with van der Waals surface area (Å²) in [5, 5.41) is 3.09. The fourth-order valence-corrected chi connectivity index (χ4v) is 1.69. The van der Waals surface area contributed by atoms with E-state index in [1.54, 1.807) is 11.9 Å². The zero-order chi connectivity index (χ0) is 7.68. The first kappa shape index (κ1) is 6.82. The minimum Gasteiger partial charge on any atom is -0.388 e. The van der Waals surface area contributed by atoms with Crippen LogP contribution in [0.5, 0.6) is 0 Å². The molecule has 11 heavy (non-hydrogen) atoms. The first-order valence-electron chi connectivity index (χ1n) is 3.40. The average molecular weight is 167 g/mol. The van der Waals surface area contributed by atoms with E-state index in [0.29, 0.717) is 0 Å². The van der Waals surface area contributed by atoms with Crippen LogP contribution in [0.3, 0.4) is 0 Å². The Morgan fingerprint density at radius 3 is 3.18 bits per heavy atom. The van der Waals surface area contributed by atoms with E-state index in [0.717, 1.165) is 11.4 Å². The smallest absolute Gasteiger partial charge is 0.0647 e. The van der Waals surface area contributed by atoms with Crippen LogP contribution in [0.2, 0.25) is 0 Å². The highest BCUT2D eigenvalue weighted by molar-refractivity contribution is 7.98. The van der Waals surface area contributed by atoms with E-state index in [1.165, 1.54) is 4.90 Å². The van der Waals surface area contributed by atoms with Crippen molar-refractivity contribution in [3.05, 3.63) is 18.2 Å². The summed E-state index contributed by atoms with van der Waals surface area (Å²) < 4.78 is 0. The molecule has 0 atom stereocenters. The number of hydrazine groups is 1. The van der Waals surface area contributed by atoms with Crippen LogP contribution in [-0.4, -0.2) is 7.05 Å². The summed E-state index contributed by atoms with van der Waals surface area (Å²) in [5.41, 5.74) is 5.32. The topological polar surface area (TPSA) is 36.1 Å². The number of hydrogen-bond donors (Lipinski definition) is 3. The standard InChI is InChI=1S/C7H9N3S/c1-8-5-2-3-6-7(4-5)11-10-9-6/h2-4,8-10H,1H3. The molecule has 0 bridgehead atoms. The fourth-order valence-electron chi connectivity index (χ4n) is 1.00. The molecule has 0 amide bonds. The number of hydrogen-bond acceptors (Lipinski definition) is 4. The largest absolute Gasteiger partial charge is 0.388 e. The lowest BCUT2D eigenvalue weighted by Crippen LogP contribution is -2.04. The maximum Gasteiger partial charge on any atom is 0.0647 e. The van der Waals surface area contributed by atoms with Gasteiger partial charge < -0.3 is 10.7 Å². The molecule has 0 saturated heterocycles. The van der Waals surface area contributed by atoms with Crippen LogP contribution in [0, 0.1) is 0 Å². The van der Waals surface area contributed by atoms with Crippen LogP contribution in [0.25, 0.3) is 0 Å². The van der Waals surface area contributed by atoms with Gasteiger partial charge in [-0.25, -0.2) is 0 Å². The number of benzene rings is 1. The molecule has 3 nitrogen and oxygen atoms in total. The van der Waals surface area contributed by atoms with Gasteiger partial charge in [-0.15, -0.1) is 0 Å². The Balaban J connectivity index is 2.41. The molecule has 2 rings (SSSR count). The number of anilines is 2. The monoisotopic (exact) mass is 167 g/mol. The fraction of sp³-hybridized carbons (Fsp3) is 0.143. The van der Waals surface area contributed by atoms with Gasteiger partial charge in [0.25, 0.3) is 0 Å². The van der Waals surface area contributed by atoms with Gasteiger partial charge in [-0.2, -0.15) is 4.83 Å². The highest BCUT2D eigenvalue weighted by Crippen LogP contribution is 2.32. The third kappa shape index (κ3) is 1.15. The van der Waals surface area contributed by atoms with Crippen LogP contribution in [0.4, 0.5) is 11.4 Å². The number of nitrogens with one attached hydrogen (secondary N) is 3. The summed E-state index contributed by atoms with van der Waals surface area (Å²) in [6.07, 6.45) is 0. The molecule has 0 radical (unpaired) electrons. The second-order valence-electron chi connectivity index (χ2n) is 2.29. The predicted molar refractivity (Wildman–Crippen MR) is 48.6 cm³/mol. The summed E-state index contributed by atoms with van der Waals surface area (Å²) in [5.74, 6) is 0. The van der Waals surface area contributed by atoms with E-state index < -0.39 is 0 Å². The van der Waals surface area contributed by atoms with Crippen LogP contribution in [0.15, 0.2) is 23.1 Å². The Morgan fingerprint density at radius 2 is 2.36 bits per heavy atom. The van der Waals surface area contributed by atoms with Crippen molar-refractivity contribution in [3.63, 3.8) is 0 Å². The van der Waals surface area contributed by atoms with Gasteiger partial charge in [0.1, 0.15) is 0 Å². The molecule has 0 aromatic heterocycles. The molecular weight excluding hydrogens is 158 g/mol. The van der Waals surface area contributed by atoms with Gasteiger partial charge in [-0.3, -0.25) is 0 Å². The zero-order valence-corrected chi connectivity index (χ0v) is 6.96. The highest BCUT2D eigenvalue weighted by Gasteiger charge is 2.09. The zero-order valence-electron chi connectivity index (χ0n) is 6.14. The van der Waals surface area contributed by atoms with Gasteiger partial charge >= 0.3 is 0 Å². The second kappa shape index (κ2) is 2.64. The van der Waals surface area contributed by atoms with E-state index in [2.05, 4.69) is 21.6 Å². The van der Waals surface area contributed by atoms with E-state index in [9.17, 15) is 0 Å². The Kier molecular flexibility index (Phi) is 1.63. The maximum absolute atomic E-state index is 3.09. The average Bonchev–Trinajstić information content (AvgIpc) is 2.50. The molecule has 0 aliphatic carbocycles. The molecule has 1 aliphatic heterocycles. The quantitative estimate of drug-likeness (QED) is 0.556. The lowest BCUT2D eigenvalue weighted by Gasteiger charge is -2.00. The number of fused-ring (bicyclic) bond motifs is 1. The molecule has 4 heteroatoms. The van der Waals surface area contributed by atoms with Crippen molar-refractivity contribution in [1.29, 1.82) is 0 Å². The summed E-state index contributed by atoms with van der Waals surface area (Å²) in [6.45, 7) is 0. The molecule has 1 heterocycles. The van der Waals surface area contributed by atoms with Crippen molar-refractivity contribution in [1.82, 2.24) is 4.83 Å². The molecular formula is C7H9N3S. The van der Waals surface area contributed by atoms with Crippen molar-refractivity contribution >= 4 is 23.3 Å². The number of rotatable bonds is 1.